The Hall–Kier alpha value is -1.00. The van der Waals surface area contributed by atoms with Crippen LogP contribution in [0.5, 0.6) is 0 Å². The first-order chi connectivity index (χ1) is 8.44. The Balaban J connectivity index is 1.96. The van der Waals surface area contributed by atoms with Crippen molar-refractivity contribution in [3.8, 4) is 0 Å². The van der Waals surface area contributed by atoms with E-state index in [2.05, 4.69) is 49.0 Å². The molecule has 2 rings (SSSR count). The Morgan fingerprint density at radius 1 is 1.33 bits per heavy atom. The lowest BCUT2D eigenvalue weighted by atomic mass is 10.1. The van der Waals surface area contributed by atoms with E-state index in [9.17, 15) is 0 Å². The Labute approximate surface area is 113 Å². The van der Waals surface area contributed by atoms with Gasteiger partial charge in [0.2, 0.25) is 0 Å². The van der Waals surface area contributed by atoms with Crippen LogP contribution >= 0.6 is 11.8 Å². The van der Waals surface area contributed by atoms with E-state index in [0.29, 0.717) is 5.25 Å². The maximum Gasteiger partial charge on any atom is 0.166 e. The Morgan fingerprint density at radius 3 is 2.72 bits per heavy atom. The fraction of sp³-hybridized carbons (Fsp3) is 0.500. The number of hydrogen-bond donors (Lipinski definition) is 2. The summed E-state index contributed by atoms with van der Waals surface area (Å²) in [6, 6.07) is 8.14. The van der Waals surface area contributed by atoms with E-state index >= 15 is 0 Å². The molecule has 1 atom stereocenters. The first kappa shape index (κ1) is 13.4. The summed E-state index contributed by atoms with van der Waals surface area (Å²) in [5.74, 6) is 0. The summed E-state index contributed by atoms with van der Waals surface area (Å²) in [4.78, 5) is 7.92. The quantitative estimate of drug-likeness (QED) is 0.830. The van der Waals surface area contributed by atoms with Crippen molar-refractivity contribution in [1.82, 2.24) is 15.3 Å². The molecule has 0 spiro atoms. The number of imidazole rings is 1. The summed E-state index contributed by atoms with van der Waals surface area (Å²) in [5.41, 5.74) is 2.31. The standard InChI is InChI=1S/C14H21N3S/c1-10(9-15-14(2,3)4)18-13-16-11-7-5-6-8-12(11)17-13/h5-8,10,15H,9H2,1-4H3,(H,16,17). The normalized spacial score (nSPS) is 14.0. The zero-order valence-corrected chi connectivity index (χ0v) is 12.3. The molecule has 1 aromatic heterocycles. The SMILES string of the molecule is CC(CNC(C)(C)C)Sc1nc2ccccc2[nH]1. The number of hydrogen-bond acceptors (Lipinski definition) is 3. The molecule has 98 valence electrons. The third kappa shape index (κ3) is 3.75. The smallest absolute Gasteiger partial charge is 0.166 e. The fourth-order valence-corrected chi connectivity index (χ4v) is 2.54. The minimum Gasteiger partial charge on any atom is -0.333 e. The van der Waals surface area contributed by atoms with Crippen LogP contribution in [-0.2, 0) is 0 Å². The highest BCUT2D eigenvalue weighted by atomic mass is 32.2. The van der Waals surface area contributed by atoms with Crippen LogP contribution in [0, 0.1) is 0 Å². The minimum absolute atomic E-state index is 0.169. The van der Waals surface area contributed by atoms with Crippen LogP contribution in [0.15, 0.2) is 29.4 Å². The molecule has 2 N–H and O–H groups in total. The van der Waals surface area contributed by atoms with Crippen LogP contribution < -0.4 is 5.32 Å². The van der Waals surface area contributed by atoms with Gasteiger partial charge in [-0.05, 0) is 32.9 Å². The van der Waals surface area contributed by atoms with Gasteiger partial charge in [-0.15, -0.1) is 0 Å². The van der Waals surface area contributed by atoms with Crippen molar-refractivity contribution in [3.63, 3.8) is 0 Å². The van der Waals surface area contributed by atoms with E-state index in [0.717, 1.165) is 22.7 Å². The highest BCUT2D eigenvalue weighted by molar-refractivity contribution is 7.99. The van der Waals surface area contributed by atoms with Crippen molar-refractivity contribution >= 4 is 22.8 Å². The molecular weight excluding hydrogens is 242 g/mol. The van der Waals surface area contributed by atoms with Crippen molar-refractivity contribution < 1.29 is 0 Å². The minimum atomic E-state index is 0.169. The lowest BCUT2D eigenvalue weighted by Crippen LogP contribution is -2.39. The van der Waals surface area contributed by atoms with Crippen molar-refractivity contribution in [2.45, 2.75) is 43.6 Å². The average molecular weight is 263 g/mol. The van der Waals surface area contributed by atoms with Gasteiger partial charge in [0.1, 0.15) is 0 Å². The van der Waals surface area contributed by atoms with Crippen LogP contribution in [-0.4, -0.2) is 27.3 Å². The predicted molar refractivity (Wildman–Crippen MR) is 79.2 cm³/mol. The van der Waals surface area contributed by atoms with Crippen LogP contribution in [0.2, 0.25) is 0 Å². The number of rotatable bonds is 4. The molecule has 3 nitrogen and oxygen atoms in total. The second-order valence-electron chi connectivity index (χ2n) is 5.62. The molecule has 1 unspecified atom stereocenters. The monoisotopic (exact) mass is 263 g/mol. The maximum absolute atomic E-state index is 4.58. The van der Waals surface area contributed by atoms with E-state index < -0.39 is 0 Å². The number of fused-ring (bicyclic) bond motifs is 1. The number of aromatic amines is 1. The molecule has 0 radical (unpaired) electrons. The Kier molecular flexibility index (Phi) is 3.97. The Morgan fingerprint density at radius 2 is 2.06 bits per heavy atom. The molecule has 2 aromatic rings. The third-order valence-corrected chi connectivity index (χ3v) is 3.59. The summed E-state index contributed by atoms with van der Waals surface area (Å²) < 4.78 is 0. The molecule has 1 aromatic carbocycles. The highest BCUT2D eigenvalue weighted by Gasteiger charge is 2.13. The molecule has 0 fully saturated rings. The van der Waals surface area contributed by atoms with Gasteiger partial charge in [-0.25, -0.2) is 4.98 Å². The summed E-state index contributed by atoms with van der Waals surface area (Å²) in [7, 11) is 0. The zero-order chi connectivity index (χ0) is 13.2. The van der Waals surface area contributed by atoms with E-state index in [1.807, 2.05) is 18.2 Å². The lowest BCUT2D eigenvalue weighted by molar-refractivity contribution is 0.429. The number of para-hydroxylation sites is 2. The van der Waals surface area contributed by atoms with Crippen LogP contribution in [0.25, 0.3) is 11.0 Å². The molecule has 0 aliphatic carbocycles. The number of thioether (sulfide) groups is 1. The van der Waals surface area contributed by atoms with Gasteiger partial charge in [-0.2, -0.15) is 0 Å². The molecule has 0 aliphatic heterocycles. The van der Waals surface area contributed by atoms with Crippen molar-refractivity contribution in [2.75, 3.05) is 6.54 Å². The van der Waals surface area contributed by atoms with Gasteiger partial charge in [0.15, 0.2) is 5.16 Å². The maximum atomic E-state index is 4.58. The number of H-pyrrole nitrogens is 1. The summed E-state index contributed by atoms with van der Waals surface area (Å²) in [6.07, 6.45) is 0. The fourth-order valence-electron chi connectivity index (χ4n) is 1.67. The molecule has 0 aliphatic rings. The van der Waals surface area contributed by atoms with Crippen LogP contribution in [0.1, 0.15) is 27.7 Å². The van der Waals surface area contributed by atoms with E-state index in [-0.39, 0.29) is 5.54 Å². The zero-order valence-electron chi connectivity index (χ0n) is 11.4. The van der Waals surface area contributed by atoms with Gasteiger partial charge in [0.05, 0.1) is 11.0 Å². The second-order valence-corrected chi connectivity index (χ2v) is 7.05. The number of aromatic nitrogens is 2. The summed E-state index contributed by atoms with van der Waals surface area (Å²) in [5, 5.41) is 5.00. The summed E-state index contributed by atoms with van der Waals surface area (Å²) in [6.45, 7) is 9.75. The number of benzene rings is 1. The molecule has 1 heterocycles. The van der Waals surface area contributed by atoms with Gasteiger partial charge in [0, 0.05) is 17.3 Å². The number of nitrogens with zero attached hydrogens (tertiary/aromatic N) is 1. The van der Waals surface area contributed by atoms with E-state index in [1.165, 1.54) is 0 Å². The lowest BCUT2D eigenvalue weighted by Gasteiger charge is -2.22. The van der Waals surface area contributed by atoms with Crippen LogP contribution in [0.4, 0.5) is 0 Å². The Bertz CT molecular complexity index is 480. The molecule has 4 heteroatoms. The summed E-state index contributed by atoms with van der Waals surface area (Å²) >= 11 is 1.78. The topological polar surface area (TPSA) is 40.7 Å². The molecule has 0 amide bonds. The van der Waals surface area contributed by atoms with E-state index in [4.69, 9.17) is 0 Å². The predicted octanol–water partition coefficient (Wildman–Crippen LogP) is 3.43. The van der Waals surface area contributed by atoms with Gasteiger partial charge >= 0.3 is 0 Å². The number of nitrogens with one attached hydrogen (secondary N) is 2. The van der Waals surface area contributed by atoms with Gasteiger partial charge in [-0.1, -0.05) is 30.8 Å². The molecule has 0 saturated heterocycles. The first-order valence-corrected chi connectivity index (χ1v) is 7.18. The van der Waals surface area contributed by atoms with Crippen molar-refractivity contribution in [1.29, 1.82) is 0 Å². The molecule has 18 heavy (non-hydrogen) atoms. The first-order valence-electron chi connectivity index (χ1n) is 6.30. The molecule has 0 bridgehead atoms. The van der Waals surface area contributed by atoms with Gasteiger partial charge in [0.25, 0.3) is 0 Å². The second kappa shape index (κ2) is 5.33. The third-order valence-electron chi connectivity index (χ3n) is 2.60. The van der Waals surface area contributed by atoms with Crippen molar-refractivity contribution in [2.24, 2.45) is 0 Å². The highest BCUT2D eigenvalue weighted by Crippen LogP contribution is 2.23. The van der Waals surface area contributed by atoms with Gasteiger partial charge < -0.3 is 10.3 Å². The van der Waals surface area contributed by atoms with E-state index in [1.54, 1.807) is 11.8 Å². The molecular formula is C14H21N3S. The van der Waals surface area contributed by atoms with Crippen molar-refractivity contribution in [3.05, 3.63) is 24.3 Å². The average Bonchev–Trinajstić information content (AvgIpc) is 2.67. The molecule has 0 saturated carbocycles. The van der Waals surface area contributed by atoms with Crippen LogP contribution in [0.3, 0.4) is 0 Å². The van der Waals surface area contributed by atoms with Gasteiger partial charge in [-0.3, -0.25) is 0 Å². The largest absolute Gasteiger partial charge is 0.333 e.